The van der Waals surface area contributed by atoms with Gasteiger partial charge in [-0.2, -0.15) is 0 Å². The van der Waals surface area contributed by atoms with E-state index in [1.54, 1.807) is 0 Å². The standard InChI is InChI=1S/C45H31N5/c1-4-15-30(16-5-1)43-46-44(31-17-6-2-7-18-31)48-45(47-43)32-19-14-22-34(27-32)50-40-26-13-11-24-36(40)38-28-37-35-23-10-12-25-39(35)49(41(37)29-42(38)50)33-20-8-3-9-21-33/h1-11,13-24,26-29H,12,25H2. The van der Waals surface area contributed by atoms with Crippen LogP contribution in [-0.2, 0) is 6.42 Å². The van der Waals surface area contributed by atoms with Gasteiger partial charge in [0.15, 0.2) is 17.5 Å². The zero-order valence-electron chi connectivity index (χ0n) is 27.2. The van der Waals surface area contributed by atoms with Gasteiger partial charge in [-0.25, -0.2) is 15.0 Å². The molecule has 0 amide bonds. The van der Waals surface area contributed by atoms with Crippen molar-refractivity contribution in [3.05, 3.63) is 169 Å². The van der Waals surface area contributed by atoms with Crippen LogP contribution in [0.3, 0.4) is 0 Å². The number of nitrogens with zero attached hydrogens (tertiary/aromatic N) is 5. The van der Waals surface area contributed by atoms with Crippen LogP contribution in [0.25, 0.3) is 84.3 Å². The van der Waals surface area contributed by atoms with Crippen molar-refractivity contribution >= 4 is 38.8 Å². The first-order valence-electron chi connectivity index (χ1n) is 17.1. The molecule has 0 radical (unpaired) electrons. The molecule has 0 saturated heterocycles. The number of rotatable bonds is 5. The monoisotopic (exact) mass is 641 g/mol. The van der Waals surface area contributed by atoms with Crippen molar-refractivity contribution in [2.45, 2.75) is 12.8 Å². The minimum atomic E-state index is 0.639. The van der Waals surface area contributed by atoms with Gasteiger partial charge in [-0.05, 0) is 55.3 Å². The number of fused-ring (bicyclic) bond motifs is 6. The molecule has 5 nitrogen and oxygen atoms in total. The van der Waals surface area contributed by atoms with E-state index in [9.17, 15) is 0 Å². The molecule has 10 rings (SSSR count). The lowest BCUT2D eigenvalue weighted by atomic mass is 10.0. The summed E-state index contributed by atoms with van der Waals surface area (Å²) in [7, 11) is 0. The van der Waals surface area contributed by atoms with Crippen LogP contribution in [0.2, 0.25) is 0 Å². The molecule has 3 heterocycles. The third kappa shape index (κ3) is 4.59. The average molecular weight is 642 g/mol. The number of allylic oxidation sites excluding steroid dienone is 1. The predicted octanol–water partition coefficient (Wildman–Crippen LogP) is 10.9. The lowest BCUT2D eigenvalue weighted by Crippen LogP contribution is -2.02. The second kappa shape index (κ2) is 11.5. The Kier molecular flexibility index (Phi) is 6.56. The van der Waals surface area contributed by atoms with E-state index in [0.29, 0.717) is 17.5 Å². The van der Waals surface area contributed by atoms with E-state index in [1.807, 2.05) is 60.7 Å². The largest absolute Gasteiger partial charge is 0.313 e. The first-order chi connectivity index (χ1) is 24.8. The van der Waals surface area contributed by atoms with Crippen molar-refractivity contribution in [3.63, 3.8) is 0 Å². The lowest BCUT2D eigenvalue weighted by molar-refractivity contribution is 0.888. The van der Waals surface area contributed by atoms with Crippen molar-refractivity contribution in [1.82, 2.24) is 24.1 Å². The topological polar surface area (TPSA) is 48.5 Å². The molecule has 0 N–H and O–H groups in total. The highest BCUT2D eigenvalue weighted by molar-refractivity contribution is 6.14. The highest BCUT2D eigenvalue weighted by Crippen LogP contribution is 2.40. The van der Waals surface area contributed by atoms with Crippen LogP contribution in [0, 0.1) is 0 Å². The van der Waals surface area contributed by atoms with Gasteiger partial charge >= 0.3 is 0 Å². The normalized spacial score (nSPS) is 12.6. The molecule has 236 valence electrons. The molecular formula is C45H31N5. The molecule has 50 heavy (non-hydrogen) atoms. The van der Waals surface area contributed by atoms with Crippen LogP contribution >= 0.6 is 0 Å². The molecule has 1 aliphatic rings. The number of hydrogen-bond acceptors (Lipinski definition) is 3. The van der Waals surface area contributed by atoms with Gasteiger partial charge < -0.3 is 9.13 Å². The van der Waals surface area contributed by atoms with Crippen molar-refractivity contribution in [1.29, 1.82) is 0 Å². The SMILES string of the molecule is C1=Cc2c(n(-c3ccccc3)c3cc4c(cc23)c2ccccc2n4-c2cccc(-c3nc(-c4ccccc4)nc(-c4ccccc4)n3)c2)CC1. The van der Waals surface area contributed by atoms with Crippen molar-refractivity contribution in [2.24, 2.45) is 0 Å². The molecule has 3 aromatic heterocycles. The summed E-state index contributed by atoms with van der Waals surface area (Å²) in [5.41, 5.74) is 11.3. The average Bonchev–Trinajstić information content (AvgIpc) is 3.70. The first-order valence-corrected chi connectivity index (χ1v) is 17.1. The van der Waals surface area contributed by atoms with Gasteiger partial charge in [0, 0.05) is 55.5 Å². The van der Waals surface area contributed by atoms with Crippen LogP contribution in [-0.4, -0.2) is 24.1 Å². The fourth-order valence-electron chi connectivity index (χ4n) is 7.55. The highest BCUT2D eigenvalue weighted by atomic mass is 15.0. The van der Waals surface area contributed by atoms with Crippen LogP contribution in [0.5, 0.6) is 0 Å². The summed E-state index contributed by atoms with van der Waals surface area (Å²) < 4.78 is 4.86. The molecule has 1 aliphatic carbocycles. The van der Waals surface area contributed by atoms with E-state index in [1.165, 1.54) is 38.6 Å². The van der Waals surface area contributed by atoms with Crippen molar-refractivity contribution in [2.75, 3.05) is 0 Å². The van der Waals surface area contributed by atoms with Gasteiger partial charge in [-0.1, -0.05) is 121 Å². The Morgan fingerprint density at radius 3 is 1.72 bits per heavy atom. The second-order valence-corrected chi connectivity index (χ2v) is 12.8. The third-order valence-electron chi connectivity index (χ3n) is 9.81. The predicted molar refractivity (Wildman–Crippen MR) is 205 cm³/mol. The molecule has 9 aromatic rings. The number of hydrogen-bond donors (Lipinski definition) is 0. The molecule has 6 aromatic carbocycles. The number of para-hydroxylation sites is 2. The van der Waals surface area contributed by atoms with E-state index >= 15 is 0 Å². The smallest absolute Gasteiger partial charge is 0.164 e. The van der Waals surface area contributed by atoms with E-state index in [-0.39, 0.29) is 0 Å². The summed E-state index contributed by atoms with van der Waals surface area (Å²) in [6.07, 6.45) is 6.69. The summed E-state index contributed by atoms with van der Waals surface area (Å²) >= 11 is 0. The summed E-state index contributed by atoms with van der Waals surface area (Å²) in [5, 5.41) is 3.76. The van der Waals surface area contributed by atoms with Crippen molar-refractivity contribution in [3.8, 4) is 45.5 Å². The Balaban J connectivity index is 1.21. The van der Waals surface area contributed by atoms with E-state index < -0.39 is 0 Å². The van der Waals surface area contributed by atoms with Crippen LogP contribution in [0.1, 0.15) is 17.7 Å². The third-order valence-corrected chi connectivity index (χ3v) is 9.81. The quantitative estimate of drug-likeness (QED) is 0.188. The molecule has 0 aliphatic heterocycles. The molecular weight excluding hydrogens is 611 g/mol. The minimum absolute atomic E-state index is 0.639. The van der Waals surface area contributed by atoms with Crippen molar-refractivity contribution < 1.29 is 0 Å². The van der Waals surface area contributed by atoms with Crippen LogP contribution in [0.15, 0.2) is 158 Å². The Morgan fingerprint density at radius 1 is 0.420 bits per heavy atom. The molecule has 0 saturated carbocycles. The van der Waals surface area contributed by atoms with Gasteiger partial charge in [-0.3, -0.25) is 0 Å². The highest BCUT2D eigenvalue weighted by Gasteiger charge is 2.22. The van der Waals surface area contributed by atoms with E-state index in [0.717, 1.165) is 46.3 Å². The van der Waals surface area contributed by atoms with Crippen LogP contribution in [0.4, 0.5) is 0 Å². The van der Waals surface area contributed by atoms with E-state index in [2.05, 4.69) is 112 Å². The maximum Gasteiger partial charge on any atom is 0.164 e. The maximum absolute atomic E-state index is 5.03. The number of benzene rings is 6. The van der Waals surface area contributed by atoms with Gasteiger partial charge in [-0.15, -0.1) is 0 Å². The molecule has 0 atom stereocenters. The number of aromatic nitrogens is 5. The molecule has 0 spiro atoms. The Hall–Kier alpha value is -6.59. The summed E-state index contributed by atoms with van der Waals surface area (Å²) in [6, 6.07) is 53.1. The Morgan fingerprint density at radius 2 is 1.00 bits per heavy atom. The molecule has 0 fully saturated rings. The van der Waals surface area contributed by atoms with Gasteiger partial charge in [0.05, 0.1) is 16.6 Å². The minimum Gasteiger partial charge on any atom is -0.313 e. The zero-order chi connectivity index (χ0) is 33.0. The van der Waals surface area contributed by atoms with Gasteiger partial charge in [0.2, 0.25) is 0 Å². The first kappa shape index (κ1) is 28.4. The fraction of sp³-hybridized carbons (Fsp3) is 0.0444. The molecule has 0 bridgehead atoms. The lowest BCUT2D eigenvalue weighted by Gasteiger charge is -2.13. The zero-order valence-corrected chi connectivity index (χ0v) is 27.2. The Bertz CT molecular complexity index is 2680. The van der Waals surface area contributed by atoms with Crippen LogP contribution < -0.4 is 0 Å². The maximum atomic E-state index is 5.03. The van der Waals surface area contributed by atoms with Gasteiger partial charge in [0.1, 0.15) is 0 Å². The summed E-state index contributed by atoms with van der Waals surface area (Å²) in [6.45, 7) is 0. The van der Waals surface area contributed by atoms with E-state index in [4.69, 9.17) is 15.0 Å². The summed E-state index contributed by atoms with van der Waals surface area (Å²) in [5.74, 6) is 1.94. The molecule has 0 unspecified atom stereocenters. The Labute approximate surface area is 289 Å². The fourth-order valence-corrected chi connectivity index (χ4v) is 7.55. The van der Waals surface area contributed by atoms with Gasteiger partial charge in [0.25, 0.3) is 0 Å². The summed E-state index contributed by atoms with van der Waals surface area (Å²) in [4.78, 5) is 15.0. The second-order valence-electron chi connectivity index (χ2n) is 12.8. The molecule has 5 heteroatoms.